The van der Waals surface area contributed by atoms with Gasteiger partial charge in [0.15, 0.2) is 11.5 Å². The van der Waals surface area contributed by atoms with Crippen molar-refractivity contribution >= 4 is 0 Å². The highest BCUT2D eigenvalue weighted by atomic mass is 19.1. The number of benzene rings is 1. The van der Waals surface area contributed by atoms with Crippen molar-refractivity contribution in [3.05, 3.63) is 23.3 Å². The van der Waals surface area contributed by atoms with Crippen LogP contribution in [0.5, 0.6) is 11.5 Å². The second-order valence-electron chi connectivity index (χ2n) is 6.17. The van der Waals surface area contributed by atoms with Crippen LogP contribution in [0, 0.1) is 0 Å². The van der Waals surface area contributed by atoms with E-state index in [9.17, 15) is 4.39 Å². The third-order valence-corrected chi connectivity index (χ3v) is 3.84. The van der Waals surface area contributed by atoms with Gasteiger partial charge in [0.2, 0.25) is 0 Å². The first-order valence-corrected chi connectivity index (χ1v) is 6.78. The molecule has 1 aromatic carbocycles. The predicted molar refractivity (Wildman–Crippen MR) is 71.4 cm³/mol. The van der Waals surface area contributed by atoms with Gasteiger partial charge < -0.3 is 15.2 Å². The quantitative estimate of drug-likeness (QED) is 0.914. The molecule has 1 aliphatic carbocycles. The number of nitrogens with two attached hydrogens (primary N) is 1. The Kier molecular flexibility index (Phi) is 2.75. The fraction of sp³-hybridized carbons (Fsp3) is 0.600. The van der Waals surface area contributed by atoms with Gasteiger partial charge in [-0.05, 0) is 50.8 Å². The molecule has 0 radical (unpaired) electrons. The lowest BCUT2D eigenvalue weighted by Crippen LogP contribution is -2.26. The SMILES string of the molecule is CC(C)(F)c1cc(CC2(N)CC2)c2c(c1)OCCO2. The molecule has 1 aliphatic heterocycles. The Bertz CT molecular complexity index is 504. The van der Waals surface area contributed by atoms with Crippen molar-refractivity contribution in [2.75, 3.05) is 13.2 Å². The van der Waals surface area contributed by atoms with Crippen LogP contribution < -0.4 is 15.2 Å². The molecular weight excluding hydrogens is 245 g/mol. The molecule has 0 amide bonds. The Labute approximate surface area is 112 Å². The van der Waals surface area contributed by atoms with E-state index in [0.717, 1.165) is 30.6 Å². The van der Waals surface area contributed by atoms with Gasteiger partial charge in [0.25, 0.3) is 0 Å². The first-order chi connectivity index (χ1) is 8.87. The molecule has 2 N–H and O–H groups in total. The summed E-state index contributed by atoms with van der Waals surface area (Å²) in [6.07, 6.45) is 2.76. The summed E-state index contributed by atoms with van der Waals surface area (Å²) in [4.78, 5) is 0. The second-order valence-corrected chi connectivity index (χ2v) is 6.17. The standard InChI is InChI=1S/C15H20FNO2/c1-14(2,16)11-7-10(9-15(17)3-4-15)13-12(8-11)18-5-6-19-13/h7-8H,3-6,9,17H2,1-2H3. The normalized spacial score (nSPS) is 20.2. The van der Waals surface area contributed by atoms with Crippen LogP contribution in [0.3, 0.4) is 0 Å². The largest absolute Gasteiger partial charge is 0.486 e. The van der Waals surface area contributed by atoms with Crippen molar-refractivity contribution in [2.45, 2.75) is 44.3 Å². The van der Waals surface area contributed by atoms with Crippen molar-refractivity contribution in [1.29, 1.82) is 0 Å². The van der Waals surface area contributed by atoms with Crippen molar-refractivity contribution < 1.29 is 13.9 Å². The number of rotatable bonds is 3. The predicted octanol–water partition coefficient (Wildman–Crippen LogP) is 2.70. The molecule has 3 rings (SSSR count). The lowest BCUT2D eigenvalue weighted by Gasteiger charge is -2.25. The summed E-state index contributed by atoms with van der Waals surface area (Å²) in [5, 5.41) is 0. The van der Waals surface area contributed by atoms with Crippen LogP contribution >= 0.6 is 0 Å². The highest BCUT2D eigenvalue weighted by molar-refractivity contribution is 5.52. The maximum Gasteiger partial charge on any atom is 0.164 e. The number of hydrogen-bond acceptors (Lipinski definition) is 3. The number of alkyl halides is 1. The minimum Gasteiger partial charge on any atom is -0.486 e. The highest BCUT2D eigenvalue weighted by Crippen LogP contribution is 2.44. The smallest absolute Gasteiger partial charge is 0.164 e. The van der Waals surface area contributed by atoms with Gasteiger partial charge in [-0.2, -0.15) is 0 Å². The molecule has 0 unspecified atom stereocenters. The van der Waals surface area contributed by atoms with E-state index >= 15 is 0 Å². The van der Waals surface area contributed by atoms with E-state index in [0.29, 0.717) is 24.5 Å². The van der Waals surface area contributed by atoms with E-state index < -0.39 is 5.67 Å². The van der Waals surface area contributed by atoms with Gasteiger partial charge in [0.1, 0.15) is 18.9 Å². The summed E-state index contributed by atoms with van der Waals surface area (Å²) in [5.41, 5.74) is 6.25. The number of hydrogen-bond donors (Lipinski definition) is 1. The summed E-state index contributed by atoms with van der Waals surface area (Å²) >= 11 is 0. The Morgan fingerprint density at radius 1 is 1.26 bits per heavy atom. The molecule has 2 aliphatic rings. The summed E-state index contributed by atoms with van der Waals surface area (Å²) in [5.74, 6) is 1.39. The average Bonchev–Trinajstić information content (AvgIpc) is 3.05. The third-order valence-electron chi connectivity index (χ3n) is 3.84. The third kappa shape index (κ3) is 2.54. The fourth-order valence-electron chi connectivity index (χ4n) is 2.42. The molecule has 1 heterocycles. The summed E-state index contributed by atoms with van der Waals surface area (Å²) < 4.78 is 25.5. The summed E-state index contributed by atoms with van der Waals surface area (Å²) in [6.45, 7) is 4.15. The van der Waals surface area contributed by atoms with Gasteiger partial charge >= 0.3 is 0 Å². The van der Waals surface area contributed by atoms with Gasteiger partial charge in [-0.25, -0.2) is 4.39 Å². The summed E-state index contributed by atoms with van der Waals surface area (Å²) in [6, 6.07) is 3.62. The zero-order valence-corrected chi connectivity index (χ0v) is 11.5. The highest BCUT2D eigenvalue weighted by Gasteiger charge is 2.39. The van der Waals surface area contributed by atoms with Crippen LogP contribution in [0.15, 0.2) is 12.1 Å². The molecule has 1 saturated carbocycles. The van der Waals surface area contributed by atoms with Crippen molar-refractivity contribution in [1.82, 2.24) is 0 Å². The minimum absolute atomic E-state index is 0.131. The van der Waals surface area contributed by atoms with E-state index in [1.165, 1.54) is 0 Å². The first-order valence-electron chi connectivity index (χ1n) is 6.78. The zero-order chi connectivity index (χ0) is 13.7. The van der Waals surface area contributed by atoms with E-state index in [1.54, 1.807) is 19.9 Å². The molecule has 0 spiro atoms. The van der Waals surface area contributed by atoms with Gasteiger partial charge in [-0.3, -0.25) is 0 Å². The Hall–Kier alpha value is -1.29. The van der Waals surface area contributed by atoms with Crippen LogP contribution in [0.25, 0.3) is 0 Å². The van der Waals surface area contributed by atoms with E-state index in [-0.39, 0.29) is 5.54 Å². The zero-order valence-electron chi connectivity index (χ0n) is 11.5. The molecule has 1 aromatic rings. The Balaban J connectivity index is 2.03. The van der Waals surface area contributed by atoms with Gasteiger partial charge in [-0.1, -0.05) is 0 Å². The number of halogens is 1. The van der Waals surface area contributed by atoms with Gasteiger partial charge in [-0.15, -0.1) is 0 Å². The van der Waals surface area contributed by atoms with E-state index in [2.05, 4.69) is 0 Å². The first kappa shape index (κ1) is 12.7. The van der Waals surface area contributed by atoms with Gasteiger partial charge in [0.05, 0.1) is 0 Å². The van der Waals surface area contributed by atoms with Crippen LogP contribution in [0.2, 0.25) is 0 Å². The van der Waals surface area contributed by atoms with Crippen LogP contribution in [0.1, 0.15) is 37.8 Å². The monoisotopic (exact) mass is 265 g/mol. The maximum atomic E-state index is 14.2. The Morgan fingerprint density at radius 2 is 1.95 bits per heavy atom. The molecule has 0 atom stereocenters. The van der Waals surface area contributed by atoms with E-state index in [4.69, 9.17) is 15.2 Å². The molecule has 1 fully saturated rings. The van der Waals surface area contributed by atoms with Crippen LogP contribution in [-0.4, -0.2) is 18.8 Å². The number of fused-ring (bicyclic) bond motifs is 1. The Morgan fingerprint density at radius 3 is 2.58 bits per heavy atom. The average molecular weight is 265 g/mol. The van der Waals surface area contributed by atoms with Crippen LogP contribution in [-0.2, 0) is 12.1 Å². The fourth-order valence-corrected chi connectivity index (χ4v) is 2.42. The molecule has 0 bridgehead atoms. The van der Waals surface area contributed by atoms with Crippen molar-refractivity contribution in [3.8, 4) is 11.5 Å². The summed E-state index contributed by atoms with van der Waals surface area (Å²) in [7, 11) is 0. The topological polar surface area (TPSA) is 44.5 Å². The molecule has 104 valence electrons. The molecular formula is C15H20FNO2. The molecule has 4 heteroatoms. The van der Waals surface area contributed by atoms with Crippen LogP contribution in [0.4, 0.5) is 4.39 Å². The minimum atomic E-state index is -1.39. The maximum absolute atomic E-state index is 14.2. The van der Waals surface area contributed by atoms with Crippen molar-refractivity contribution in [3.63, 3.8) is 0 Å². The lowest BCUT2D eigenvalue weighted by atomic mass is 9.94. The van der Waals surface area contributed by atoms with Gasteiger partial charge in [0, 0.05) is 11.1 Å². The molecule has 19 heavy (non-hydrogen) atoms. The lowest BCUT2D eigenvalue weighted by molar-refractivity contribution is 0.167. The molecule has 0 saturated heterocycles. The van der Waals surface area contributed by atoms with Crippen molar-refractivity contribution in [2.24, 2.45) is 5.73 Å². The second kappa shape index (κ2) is 4.10. The molecule has 3 nitrogen and oxygen atoms in total. The van der Waals surface area contributed by atoms with E-state index in [1.807, 2.05) is 6.07 Å². The molecule has 0 aromatic heterocycles. The number of ether oxygens (including phenoxy) is 2.